The van der Waals surface area contributed by atoms with Gasteiger partial charge in [0, 0.05) is 32.6 Å². The number of hydrazine groups is 1. The Kier molecular flexibility index (Phi) is 7.51. The number of nitrogens with one attached hydrogen (secondary N) is 2. The minimum atomic E-state index is -4.67. The van der Waals surface area contributed by atoms with Gasteiger partial charge in [-0.2, -0.15) is 13.2 Å². The number of amides is 2. The fraction of sp³-hybridized carbons (Fsp3) is 0.360. The molecule has 1 saturated heterocycles. The molecule has 4 rings (SSSR count). The van der Waals surface area contributed by atoms with Gasteiger partial charge in [-0.15, -0.1) is 0 Å². The minimum absolute atomic E-state index is 0.0257. The van der Waals surface area contributed by atoms with E-state index in [9.17, 15) is 27.2 Å². The molecule has 0 aliphatic carbocycles. The Morgan fingerprint density at radius 3 is 2.42 bits per heavy atom. The zero-order chi connectivity index (χ0) is 27.7. The normalized spacial score (nSPS) is 19.4. The quantitative estimate of drug-likeness (QED) is 0.399. The molecule has 2 aromatic carbocycles. The summed E-state index contributed by atoms with van der Waals surface area (Å²) >= 11 is 0. The molecule has 2 aromatic rings. The molecule has 0 aromatic heterocycles. The Hall–Kier alpha value is -3.84. The molecule has 1 fully saturated rings. The summed E-state index contributed by atoms with van der Waals surface area (Å²) in [7, 11) is 1.36. The fourth-order valence-electron chi connectivity index (χ4n) is 4.70. The third kappa shape index (κ3) is 4.98. The van der Waals surface area contributed by atoms with E-state index in [0.717, 1.165) is 11.1 Å². The van der Waals surface area contributed by atoms with Crippen molar-refractivity contribution in [3.8, 4) is 5.75 Å². The van der Waals surface area contributed by atoms with Crippen molar-refractivity contribution < 1.29 is 36.6 Å². The molecule has 0 saturated carbocycles. The highest BCUT2D eigenvalue weighted by Crippen LogP contribution is 2.46. The number of primary amides is 1. The molecule has 0 bridgehead atoms. The van der Waals surface area contributed by atoms with Gasteiger partial charge in [-0.25, -0.2) is 9.82 Å². The van der Waals surface area contributed by atoms with E-state index >= 15 is 0 Å². The Morgan fingerprint density at radius 1 is 1.18 bits per heavy atom. The Bertz CT molecular complexity index is 1240. The molecule has 0 radical (unpaired) electrons. The van der Waals surface area contributed by atoms with Crippen LogP contribution in [0.1, 0.15) is 40.4 Å². The molecular weight excluding hydrogens is 510 g/mol. The molecule has 38 heavy (non-hydrogen) atoms. The van der Waals surface area contributed by atoms with Gasteiger partial charge in [-0.05, 0) is 29.3 Å². The number of benzene rings is 2. The molecule has 2 aliphatic heterocycles. The van der Waals surface area contributed by atoms with Crippen LogP contribution in [0.3, 0.4) is 0 Å². The number of carbonyl (C=O) groups excluding carboxylic acids is 2. The summed E-state index contributed by atoms with van der Waals surface area (Å²) in [5.41, 5.74) is 12.9. The first kappa shape index (κ1) is 27.2. The summed E-state index contributed by atoms with van der Waals surface area (Å²) in [4.78, 5) is 24.8. The molecule has 6 N–H and O–H groups in total. The zero-order valence-corrected chi connectivity index (χ0v) is 20.4. The zero-order valence-electron chi connectivity index (χ0n) is 20.4. The van der Waals surface area contributed by atoms with Gasteiger partial charge < -0.3 is 26.3 Å². The number of methoxy groups -OCH3 is 1. The highest BCUT2D eigenvalue weighted by Gasteiger charge is 2.61. The smallest absolute Gasteiger partial charge is 0.413 e. The Labute approximate surface area is 215 Å². The number of hydrogen-bond acceptors (Lipinski definition) is 7. The van der Waals surface area contributed by atoms with Crippen LogP contribution in [0.5, 0.6) is 5.75 Å². The average molecular weight is 538 g/mol. The van der Waals surface area contributed by atoms with Gasteiger partial charge in [-0.1, -0.05) is 24.3 Å². The summed E-state index contributed by atoms with van der Waals surface area (Å²) in [6, 6.07) is 9.00. The largest absolute Gasteiger partial charge is 0.496 e. The Morgan fingerprint density at radius 2 is 1.84 bits per heavy atom. The van der Waals surface area contributed by atoms with E-state index in [-0.39, 0.29) is 55.3 Å². The van der Waals surface area contributed by atoms with Gasteiger partial charge in [-0.3, -0.25) is 14.6 Å². The first-order valence-electron chi connectivity index (χ1n) is 11.7. The van der Waals surface area contributed by atoms with Crippen molar-refractivity contribution in [2.45, 2.75) is 37.1 Å². The van der Waals surface area contributed by atoms with Crippen LogP contribution < -0.4 is 26.9 Å². The van der Waals surface area contributed by atoms with Crippen LogP contribution in [-0.2, 0) is 16.1 Å². The van der Waals surface area contributed by atoms with Crippen molar-refractivity contribution in [1.29, 1.82) is 0 Å². The molecule has 1 atom stereocenters. The second-order valence-electron chi connectivity index (χ2n) is 8.97. The maximum Gasteiger partial charge on any atom is 0.413 e. The van der Waals surface area contributed by atoms with Gasteiger partial charge in [0.05, 0.1) is 24.3 Å². The second kappa shape index (κ2) is 10.5. The predicted molar refractivity (Wildman–Crippen MR) is 128 cm³/mol. The average Bonchev–Trinajstić information content (AvgIpc) is 3.25. The number of hydrogen-bond donors (Lipinski definition) is 4. The maximum atomic E-state index is 14.3. The Balaban J connectivity index is 1.53. The second-order valence-corrected chi connectivity index (χ2v) is 8.97. The van der Waals surface area contributed by atoms with E-state index in [1.165, 1.54) is 19.2 Å². The molecule has 0 spiro atoms. The monoisotopic (exact) mass is 537 g/mol. The topological polar surface area (TPSA) is 132 Å². The van der Waals surface area contributed by atoms with Crippen molar-refractivity contribution in [2.75, 3.05) is 20.3 Å². The SMILES string of the molecule is COc1ccc(F)cc1C(=O)NCc1ccc(C2NN(C3(C(F)(F)F)CCOCC3)C(N)=C2C(N)=O)cc1. The van der Waals surface area contributed by atoms with Crippen LogP contribution in [0.15, 0.2) is 53.9 Å². The standard InChI is InChI=1S/C25H27F4N5O4/c1-37-18-7-6-16(26)12-17(18)23(36)32-13-14-2-4-15(5-3-14)20-19(22(31)35)21(30)34(33-20)24(25(27,28)29)8-10-38-11-9-24/h2-7,12,20,33H,8-11,13,30H2,1H3,(H2,31,35)(H,32,36). The summed E-state index contributed by atoms with van der Waals surface area (Å²) in [6.07, 6.45) is -5.42. The highest BCUT2D eigenvalue weighted by molar-refractivity contribution is 5.97. The molecule has 2 amide bonds. The number of halogens is 4. The van der Waals surface area contributed by atoms with E-state index < -0.39 is 35.4 Å². The van der Waals surface area contributed by atoms with Gasteiger partial charge in [0.1, 0.15) is 17.4 Å². The van der Waals surface area contributed by atoms with Crippen molar-refractivity contribution in [3.05, 3.63) is 76.4 Å². The molecule has 204 valence electrons. The lowest BCUT2D eigenvalue weighted by atomic mass is 9.88. The van der Waals surface area contributed by atoms with Crippen molar-refractivity contribution in [3.63, 3.8) is 0 Å². The van der Waals surface area contributed by atoms with Crippen LogP contribution in [0.4, 0.5) is 17.6 Å². The molecule has 13 heteroatoms. The molecule has 1 unspecified atom stereocenters. The summed E-state index contributed by atoms with van der Waals surface area (Å²) < 4.78 is 66.7. The number of alkyl halides is 3. The van der Waals surface area contributed by atoms with Crippen LogP contribution >= 0.6 is 0 Å². The molecule has 2 aliphatic rings. The van der Waals surface area contributed by atoms with E-state index in [2.05, 4.69) is 10.7 Å². The molecule has 2 heterocycles. The van der Waals surface area contributed by atoms with Crippen LogP contribution in [0, 0.1) is 5.82 Å². The van der Waals surface area contributed by atoms with E-state index in [1.807, 2.05) is 0 Å². The summed E-state index contributed by atoms with van der Waals surface area (Å²) in [6.45, 7) is -0.173. The third-order valence-electron chi connectivity index (χ3n) is 6.78. The number of carbonyl (C=O) groups is 2. The van der Waals surface area contributed by atoms with Crippen LogP contribution in [-0.4, -0.2) is 48.9 Å². The van der Waals surface area contributed by atoms with Crippen molar-refractivity contribution in [2.24, 2.45) is 11.5 Å². The number of nitrogens with two attached hydrogens (primary N) is 2. The van der Waals surface area contributed by atoms with Crippen LogP contribution in [0.2, 0.25) is 0 Å². The summed E-state index contributed by atoms with van der Waals surface area (Å²) in [5.74, 6) is -2.28. The molecular formula is C25H27F4N5O4. The highest BCUT2D eigenvalue weighted by atomic mass is 19.4. The van der Waals surface area contributed by atoms with Gasteiger partial charge in [0.25, 0.3) is 5.91 Å². The third-order valence-corrected chi connectivity index (χ3v) is 6.78. The number of rotatable bonds is 7. The van der Waals surface area contributed by atoms with E-state index in [4.69, 9.17) is 20.9 Å². The van der Waals surface area contributed by atoms with Gasteiger partial charge in [0.15, 0.2) is 5.54 Å². The van der Waals surface area contributed by atoms with E-state index in [1.54, 1.807) is 24.3 Å². The predicted octanol–water partition coefficient (Wildman–Crippen LogP) is 2.39. The van der Waals surface area contributed by atoms with Gasteiger partial charge >= 0.3 is 6.18 Å². The number of ether oxygens (including phenoxy) is 2. The number of nitrogens with zero attached hydrogens (tertiary/aromatic N) is 1. The van der Waals surface area contributed by atoms with Crippen LogP contribution in [0.25, 0.3) is 0 Å². The van der Waals surface area contributed by atoms with Crippen molar-refractivity contribution in [1.82, 2.24) is 15.8 Å². The lowest BCUT2D eigenvalue weighted by Gasteiger charge is -2.46. The molecule has 9 nitrogen and oxygen atoms in total. The lowest BCUT2D eigenvalue weighted by Crippen LogP contribution is -2.64. The van der Waals surface area contributed by atoms with Gasteiger partial charge in [0.2, 0.25) is 5.91 Å². The lowest BCUT2D eigenvalue weighted by molar-refractivity contribution is -0.255. The fourth-order valence-corrected chi connectivity index (χ4v) is 4.70. The minimum Gasteiger partial charge on any atom is -0.496 e. The maximum absolute atomic E-state index is 14.3. The summed E-state index contributed by atoms with van der Waals surface area (Å²) in [5, 5.41) is 3.47. The van der Waals surface area contributed by atoms with Crippen molar-refractivity contribution >= 4 is 11.8 Å². The first-order chi connectivity index (χ1) is 18.0. The van der Waals surface area contributed by atoms with E-state index in [0.29, 0.717) is 11.1 Å². The first-order valence-corrected chi connectivity index (χ1v) is 11.7.